The Kier molecular flexibility index (Phi) is 6.34. The van der Waals surface area contributed by atoms with Crippen LogP contribution < -0.4 is 5.32 Å². The van der Waals surface area contributed by atoms with Crippen LogP contribution in [0, 0.1) is 10.1 Å². The van der Waals surface area contributed by atoms with E-state index in [0.717, 1.165) is 9.80 Å². The number of benzene rings is 2. The average molecular weight is 444 g/mol. The number of halogens is 1. The first-order valence-electron chi connectivity index (χ1n) is 8.52. The second-order valence-corrected chi connectivity index (χ2v) is 7.61. The minimum Gasteiger partial charge on any atom is -0.273 e. The van der Waals surface area contributed by atoms with Crippen molar-refractivity contribution < 1.29 is 19.3 Å². The number of nitro groups is 1. The Morgan fingerprint density at radius 2 is 1.87 bits per heavy atom. The number of hydrogen-bond acceptors (Lipinski definition) is 6. The predicted molar refractivity (Wildman–Crippen MR) is 112 cm³/mol. The van der Waals surface area contributed by atoms with Crippen molar-refractivity contribution in [1.82, 2.24) is 10.2 Å². The van der Waals surface area contributed by atoms with Gasteiger partial charge in [-0.15, -0.1) is 6.58 Å². The molecule has 8 nitrogen and oxygen atoms in total. The number of nitrogens with zero attached hydrogens (tertiary/aromatic N) is 2. The average Bonchev–Trinajstić information content (AvgIpc) is 2.71. The van der Waals surface area contributed by atoms with Gasteiger partial charge in [0.2, 0.25) is 0 Å². The number of nitrogens with one attached hydrogen (secondary N) is 1. The highest BCUT2D eigenvalue weighted by atomic mass is 35.5. The second-order valence-electron chi connectivity index (χ2n) is 6.06. The number of carbonyl (C=O) groups is 3. The van der Waals surface area contributed by atoms with Gasteiger partial charge in [0, 0.05) is 22.5 Å². The molecule has 0 atom stereocenters. The fourth-order valence-electron chi connectivity index (χ4n) is 2.64. The van der Waals surface area contributed by atoms with Crippen LogP contribution in [-0.4, -0.2) is 34.2 Å². The van der Waals surface area contributed by atoms with Crippen molar-refractivity contribution >= 4 is 53.0 Å². The predicted octanol–water partition coefficient (Wildman–Crippen LogP) is 4.05. The zero-order valence-electron chi connectivity index (χ0n) is 15.3. The second kappa shape index (κ2) is 8.93. The van der Waals surface area contributed by atoms with E-state index in [9.17, 15) is 24.5 Å². The molecule has 10 heteroatoms. The molecule has 1 saturated heterocycles. The zero-order chi connectivity index (χ0) is 21.8. The summed E-state index contributed by atoms with van der Waals surface area (Å²) in [4.78, 5) is 49.3. The molecular formula is C20H14ClN3O5S. The van der Waals surface area contributed by atoms with E-state index in [2.05, 4.69) is 11.9 Å². The number of barbiturate groups is 1. The van der Waals surface area contributed by atoms with Gasteiger partial charge in [0.25, 0.3) is 17.5 Å². The quantitative estimate of drug-likeness (QED) is 0.237. The van der Waals surface area contributed by atoms with Gasteiger partial charge in [-0.3, -0.25) is 29.9 Å². The maximum atomic E-state index is 12.5. The van der Waals surface area contributed by atoms with Crippen molar-refractivity contribution in [3.8, 4) is 0 Å². The summed E-state index contributed by atoms with van der Waals surface area (Å²) >= 11 is 7.04. The summed E-state index contributed by atoms with van der Waals surface area (Å²) in [6, 6.07) is 10.3. The van der Waals surface area contributed by atoms with Crippen molar-refractivity contribution in [3.05, 3.63) is 81.4 Å². The van der Waals surface area contributed by atoms with Gasteiger partial charge in [0.15, 0.2) is 0 Å². The van der Waals surface area contributed by atoms with Gasteiger partial charge in [0.1, 0.15) is 5.57 Å². The number of hydrogen-bond donors (Lipinski definition) is 1. The first-order valence-corrected chi connectivity index (χ1v) is 9.71. The largest absolute Gasteiger partial charge is 0.331 e. The smallest absolute Gasteiger partial charge is 0.273 e. The maximum absolute atomic E-state index is 12.5. The normalized spacial score (nSPS) is 15.3. The summed E-state index contributed by atoms with van der Waals surface area (Å²) < 4.78 is 0. The van der Waals surface area contributed by atoms with Crippen LogP contribution in [0.25, 0.3) is 6.08 Å². The highest BCUT2D eigenvalue weighted by Gasteiger charge is 2.35. The van der Waals surface area contributed by atoms with Crippen molar-refractivity contribution in [2.24, 2.45) is 0 Å². The molecule has 0 spiro atoms. The monoisotopic (exact) mass is 443 g/mol. The molecule has 4 amide bonds. The lowest BCUT2D eigenvalue weighted by molar-refractivity contribution is -0.387. The summed E-state index contributed by atoms with van der Waals surface area (Å²) in [6.45, 7) is 3.39. The molecule has 0 radical (unpaired) electrons. The molecular weight excluding hydrogens is 430 g/mol. The van der Waals surface area contributed by atoms with Crippen LogP contribution in [0.4, 0.5) is 10.5 Å². The molecule has 0 saturated carbocycles. The van der Waals surface area contributed by atoms with Crippen LogP contribution in [0.1, 0.15) is 5.56 Å². The van der Waals surface area contributed by atoms with Crippen LogP contribution in [-0.2, 0) is 9.59 Å². The van der Waals surface area contributed by atoms with Crippen molar-refractivity contribution in [2.75, 3.05) is 6.54 Å². The fraction of sp³-hybridized carbons (Fsp3) is 0.0500. The van der Waals surface area contributed by atoms with E-state index in [1.165, 1.54) is 36.0 Å². The molecule has 1 aliphatic rings. The van der Waals surface area contributed by atoms with Crippen LogP contribution in [0.3, 0.4) is 0 Å². The van der Waals surface area contributed by atoms with E-state index < -0.39 is 22.8 Å². The molecule has 1 heterocycles. The van der Waals surface area contributed by atoms with Crippen LogP contribution in [0.15, 0.2) is 70.5 Å². The number of carbonyl (C=O) groups excluding carboxylic acids is 3. The highest BCUT2D eigenvalue weighted by Crippen LogP contribution is 2.36. The Bertz CT molecular complexity index is 1100. The molecule has 0 aliphatic carbocycles. The number of rotatable bonds is 6. The minimum atomic E-state index is -0.868. The number of amides is 4. The van der Waals surface area contributed by atoms with Gasteiger partial charge in [-0.25, -0.2) is 4.79 Å². The minimum absolute atomic E-state index is 0.0773. The van der Waals surface area contributed by atoms with Crippen molar-refractivity contribution in [3.63, 3.8) is 0 Å². The highest BCUT2D eigenvalue weighted by molar-refractivity contribution is 7.99. The van der Waals surface area contributed by atoms with Gasteiger partial charge in [-0.05, 0) is 42.0 Å². The lowest BCUT2D eigenvalue weighted by Crippen LogP contribution is -2.54. The summed E-state index contributed by atoms with van der Waals surface area (Å²) in [5, 5.41) is 14.2. The molecule has 1 N–H and O–H groups in total. The molecule has 152 valence electrons. The van der Waals surface area contributed by atoms with Gasteiger partial charge in [-0.1, -0.05) is 35.5 Å². The van der Waals surface area contributed by atoms with E-state index in [-0.39, 0.29) is 23.4 Å². The molecule has 0 bridgehead atoms. The number of nitro benzene ring substituents is 1. The van der Waals surface area contributed by atoms with Crippen LogP contribution in [0.2, 0.25) is 5.02 Å². The third-order valence-electron chi connectivity index (χ3n) is 4.03. The zero-order valence-corrected chi connectivity index (χ0v) is 16.9. The van der Waals surface area contributed by atoms with Crippen LogP contribution >= 0.6 is 23.4 Å². The Morgan fingerprint density at radius 3 is 2.50 bits per heavy atom. The van der Waals surface area contributed by atoms with E-state index >= 15 is 0 Å². The van der Waals surface area contributed by atoms with E-state index in [1.807, 2.05) is 0 Å². The van der Waals surface area contributed by atoms with Gasteiger partial charge < -0.3 is 0 Å². The van der Waals surface area contributed by atoms with Crippen molar-refractivity contribution in [2.45, 2.75) is 9.79 Å². The molecule has 1 fully saturated rings. The molecule has 2 aromatic rings. The Morgan fingerprint density at radius 1 is 1.17 bits per heavy atom. The maximum Gasteiger partial charge on any atom is 0.331 e. The standard InChI is InChI=1S/C20H14ClN3O5S/c1-2-9-23-19(26)15(18(25)22-20(23)27)10-12-3-8-17(16(11-12)24(28)29)30-14-6-4-13(21)5-7-14/h2-8,10-11H,1,9H2,(H,22,25,27). The topological polar surface area (TPSA) is 110 Å². The van der Waals surface area contributed by atoms with E-state index in [1.54, 1.807) is 30.3 Å². The van der Waals surface area contributed by atoms with Gasteiger partial charge in [-0.2, -0.15) is 0 Å². The summed E-state index contributed by atoms with van der Waals surface area (Å²) in [7, 11) is 0. The van der Waals surface area contributed by atoms with Gasteiger partial charge >= 0.3 is 6.03 Å². The Balaban J connectivity index is 1.95. The number of urea groups is 1. The van der Waals surface area contributed by atoms with E-state index in [4.69, 9.17) is 11.6 Å². The lowest BCUT2D eigenvalue weighted by atomic mass is 10.1. The Labute approximate surface area is 180 Å². The number of imide groups is 2. The molecule has 2 aromatic carbocycles. The molecule has 0 aromatic heterocycles. The van der Waals surface area contributed by atoms with Gasteiger partial charge in [0.05, 0.1) is 9.82 Å². The van der Waals surface area contributed by atoms with Crippen LogP contribution in [0.5, 0.6) is 0 Å². The third kappa shape index (κ3) is 4.58. The molecule has 1 aliphatic heterocycles. The summed E-state index contributed by atoms with van der Waals surface area (Å²) in [5.74, 6) is -1.67. The fourth-order valence-corrected chi connectivity index (χ4v) is 3.66. The molecule has 0 unspecified atom stereocenters. The lowest BCUT2D eigenvalue weighted by Gasteiger charge is -2.25. The summed E-state index contributed by atoms with van der Waals surface area (Å²) in [5.41, 5.74) is -0.218. The Hall–Kier alpha value is -3.43. The van der Waals surface area contributed by atoms with E-state index in [0.29, 0.717) is 9.92 Å². The summed E-state index contributed by atoms with van der Waals surface area (Å²) in [6.07, 6.45) is 2.56. The SMILES string of the molecule is C=CCN1C(=O)NC(=O)C(=Cc2ccc(Sc3ccc(Cl)cc3)c([N+](=O)[O-])c2)C1=O. The first kappa shape index (κ1) is 21.3. The first-order chi connectivity index (χ1) is 14.3. The van der Waals surface area contributed by atoms with Crippen molar-refractivity contribution in [1.29, 1.82) is 0 Å². The molecule has 30 heavy (non-hydrogen) atoms. The molecule has 3 rings (SSSR count). The third-order valence-corrected chi connectivity index (χ3v) is 5.35.